The van der Waals surface area contributed by atoms with Crippen LogP contribution in [0.15, 0.2) is 17.5 Å². The Bertz CT molecular complexity index is 350. The van der Waals surface area contributed by atoms with Gasteiger partial charge < -0.3 is 15.8 Å². The summed E-state index contributed by atoms with van der Waals surface area (Å²) in [5.41, 5.74) is 5.95. The highest BCUT2D eigenvalue weighted by atomic mass is 32.1. The molecule has 0 aliphatic carbocycles. The topological polar surface area (TPSA) is 47.3 Å². The zero-order valence-corrected chi connectivity index (χ0v) is 11.5. The second-order valence-corrected chi connectivity index (χ2v) is 6.48. The van der Waals surface area contributed by atoms with Crippen molar-refractivity contribution in [1.29, 1.82) is 0 Å². The molecule has 1 aromatic heterocycles. The molecule has 2 rings (SSSR count). The first kappa shape index (κ1) is 13.0. The third-order valence-corrected chi connectivity index (χ3v) is 4.32. The van der Waals surface area contributed by atoms with Crippen LogP contribution in [0.25, 0.3) is 0 Å². The average molecular weight is 254 g/mol. The molecule has 0 amide bonds. The lowest BCUT2D eigenvalue weighted by atomic mass is 9.81. The van der Waals surface area contributed by atoms with E-state index in [-0.39, 0.29) is 11.1 Å². The van der Waals surface area contributed by atoms with Crippen LogP contribution < -0.4 is 11.1 Å². The predicted molar refractivity (Wildman–Crippen MR) is 72.2 cm³/mol. The predicted octanol–water partition coefficient (Wildman–Crippen LogP) is 2.12. The van der Waals surface area contributed by atoms with Gasteiger partial charge in [-0.15, -0.1) is 11.3 Å². The van der Waals surface area contributed by atoms with Gasteiger partial charge >= 0.3 is 0 Å². The molecular formula is C13H22N2OS. The Kier molecular flexibility index (Phi) is 3.88. The van der Waals surface area contributed by atoms with E-state index in [1.54, 1.807) is 11.3 Å². The maximum Gasteiger partial charge on any atom is 0.0644 e. The summed E-state index contributed by atoms with van der Waals surface area (Å²) in [6, 6.07) is 4.25. The minimum absolute atomic E-state index is 0.0335. The summed E-state index contributed by atoms with van der Waals surface area (Å²) in [5.74, 6) is 0. The van der Waals surface area contributed by atoms with Crippen LogP contribution in [-0.4, -0.2) is 24.3 Å². The number of hydrogen-bond donors (Lipinski definition) is 2. The second-order valence-electron chi connectivity index (χ2n) is 5.45. The summed E-state index contributed by atoms with van der Waals surface area (Å²) in [4.78, 5) is 1.36. The highest BCUT2D eigenvalue weighted by Gasteiger charge is 2.39. The smallest absolute Gasteiger partial charge is 0.0644 e. The summed E-state index contributed by atoms with van der Waals surface area (Å²) in [6.07, 6.45) is 1.97. The van der Waals surface area contributed by atoms with Crippen LogP contribution >= 0.6 is 11.3 Å². The molecule has 2 heterocycles. The second kappa shape index (κ2) is 5.06. The molecule has 1 atom stereocenters. The van der Waals surface area contributed by atoms with E-state index in [0.29, 0.717) is 6.54 Å². The Balaban J connectivity index is 1.99. The van der Waals surface area contributed by atoms with E-state index in [1.807, 2.05) is 0 Å². The van der Waals surface area contributed by atoms with Crippen molar-refractivity contribution < 1.29 is 4.74 Å². The number of nitrogens with two attached hydrogens (primary N) is 1. The lowest BCUT2D eigenvalue weighted by molar-refractivity contribution is -0.0861. The quantitative estimate of drug-likeness (QED) is 0.865. The van der Waals surface area contributed by atoms with Crippen LogP contribution in [0.4, 0.5) is 0 Å². The first-order chi connectivity index (χ1) is 8.05. The molecule has 0 spiro atoms. The maximum absolute atomic E-state index is 5.98. The average Bonchev–Trinajstić information content (AvgIpc) is 2.78. The molecule has 96 valence electrons. The maximum atomic E-state index is 5.98. The fraction of sp³-hybridized carbons (Fsp3) is 0.692. The summed E-state index contributed by atoms with van der Waals surface area (Å²) in [7, 11) is 0. The Hall–Kier alpha value is -0.420. The largest absolute Gasteiger partial charge is 0.375 e. The van der Waals surface area contributed by atoms with Crippen LogP contribution in [0.3, 0.4) is 0 Å². The molecular weight excluding hydrogens is 232 g/mol. The van der Waals surface area contributed by atoms with Gasteiger partial charge in [-0.1, -0.05) is 6.07 Å². The van der Waals surface area contributed by atoms with Crippen LogP contribution in [0.2, 0.25) is 0 Å². The molecule has 17 heavy (non-hydrogen) atoms. The Morgan fingerprint density at radius 3 is 2.94 bits per heavy atom. The molecule has 3 nitrogen and oxygen atoms in total. The number of nitrogens with one attached hydrogen (secondary N) is 1. The van der Waals surface area contributed by atoms with E-state index in [2.05, 4.69) is 36.7 Å². The van der Waals surface area contributed by atoms with Gasteiger partial charge in [0.15, 0.2) is 0 Å². The minimum atomic E-state index is -0.0694. The van der Waals surface area contributed by atoms with E-state index in [1.165, 1.54) is 4.88 Å². The Morgan fingerprint density at radius 2 is 2.35 bits per heavy atom. The molecule has 0 saturated carbocycles. The highest BCUT2D eigenvalue weighted by Crippen LogP contribution is 2.31. The van der Waals surface area contributed by atoms with Crippen molar-refractivity contribution >= 4 is 11.3 Å². The lowest BCUT2D eigenvalue weighted by Crippen LogP contribution is -2.58. The zero-order chi connectivity index (χ0) is 12.4. The lowest BCUT2D eigenvalue weighted by Gasteiger charge is -2.45. The third kappa shape index (κ3) is 3.28. The fourth-order valence-corrected chi connectivity index (χ4v) is 3.21. The minimum Gasteiger partial charge on any atom is -0.375 e. The molecule has 1 aliphatic heterocycles. The first-order valence-electron chi connectivity index (χ1n) is 6.17. The van der Waals surface area contributed by atoms with E-state index in [9.17, 15) is 0 Å². The van der Waals surface area contributed by atoms with Gasteiger partial charge in [0, 0.05) is 30.1 Å². The fourth-order valence-electron chi connectivity index (χ4n) is 2.56. The standard InChI is InChI=1S/C13H22N2OS/c1-12(2)9-13(10-14,5-6-16-12)15-8-11-4-3-7-17-11/h3-4,7,15H,5-6,8-10,14H2,1-2H3. The van der Waals surface area contributed by atoms with Crippen LogP contribution in [0.5, 0.6) is 0 Å². The summed E-state index contributed by atoms with van der Waals surface area (Å²) < 4.78 is 5.77. The normalized spacial score (nSPS) is 28.2. The summed E-state index contributed by atoms with van der Waals surface area (Å²) >= 11 is 1.79. The molecule has 1 unspecified atom stereocenters. The van der Waals surface area contributed by atoms with Crippen molar-refractivity contribution in [3.05, 3.63) is 22.4 Å². The summed E-state index contributed by atoms with van der Waals surface area (Å²) in [6.45, 7) is 6.66. The molecule has 0 bridgehead atoms. The molecule has 4 heteroatoms. The SMILES string of the molecule is CC1(C)CC(CN)(NCc2cccs2)CCO1. The van der Waals surface area contributed by atoms with Gasteiger partial charge in [-0.2, -0.15) is 0 Å². The molecule has 1 aliphatic rings. The molecule has 1 aromatic rings. The number of ether oxygens (including phenoxy) is 1. The zero-order valence-electron chi connectivity index (χ0n) is 10.7. The molecule has 0 aromatic carbocycles. The third-order valence-electron chi connectivity index (χ3n) is 3.45. The van der Waals surface area contributed by atoms with Crippen molar-refractivity contribution in [2.75, 3.05) is 13.2 Å². The van der Waals surface area contributed by atoms with Gasteiger partial charge in [0.05, 0.1) is 5.60 Å². The van der Waals surface area contributed by atoms with Gasteiger partial charge in [-0.05, 0) is 38.1 Å². The first-order valence-corrected chi connectivity index (χ1v) is 7.05. The van der Waals surface area contributed by atoms with Gasteiger partial charge in [0.1, 0.15) is 0 Å². The van der Waals surface area contributed by atoms with Crippen molar-refractivity contribution in [3.8, 4) is 0 Å². The highest BCUT2D eigenvalue weighted by molar-refractivity contribution is 7.09. The van der Waals surface area contributed by atoms with Crippen LogP contribution in [0.1, 0.15) is 31.6 Å². The Morgan fingerprint density at radius 1 is 1.53 bits per heavy atom. The number of hydrogen-bond acceptors (Lipinski definition) is 4. The van der Waals surface area contributed by atoms with Gasteiger partial charge in [-0.25, -0.2) is 0 Å². The van der Waals surface area contributed by atoms with Crippen molar-refractivity contribution in [2.45, 2.75) is 44.4 Å². The van der Waals surface area contributed by atoms with Crippen LogP contribution in [-0.2, 0) is 11.3 Å². The van der Waals surface area contributed by atoms with E-state index in [4.69, 9.17) is 10.5 Å². The van der Waals surface area contributed by atoms with E-state index in [0.717, 1.165) is 26.0 Å². The molecule has 1 saturated heterocycles. The summed E-state index contributed by atoms with van der Waals surface area (Å²) in [5, 5.41) is 5.76. The van der Waals surface area contributed by atoms with E-state index < -0.39 is 0 Å². The van der Waals surface area contributed by atoms with Crippen LogP contribution in [0, 0.1) is 0 Å². The molecule has 3 N–H and O–H groups in total. The van der Waals surface area contributed by atoms with Gasteiger partial charge in [0.25, 0.3) is 0 Å². The number of thiophene rings is 1. The van der Waals surface area contributed by atoms with E-state index >= 15 is 0 Å². The van der Waals surface area contributed by atoms with Crippen molar-refractivity contribution in [3.63, 3.8) is 0 Å². The van der Waals surface area contributed by atoms with Gasteiger partial charge in [0.2, 0.25) is 0 Å². The monoisotopic (exact) mass is 254 g/mol. The number of rotatable bonds is 4. The van der Waals surface area contributed by atoms with Crippen molar-refractivity contribution in [2.24, 2.45) is 5.73 Å². The molecule has 0 radical (unpaired) electrons. The van der Waals surface area contributed by atoms with Crippen molar-refractivity contribution in [1.82, 2.24) is 5.32 Å². The van der Waals surface area contributed by atoms with Gasteiger partial charge in [-0.3, -0.25) is 0 Å². The Labute approximate surface area is 107 Å². The molecule has 1 fully saturated rings.